The number of rotatable bonds is 8. The Morgan fingerprint density at radius 3 is 2.56 bits per heavy atom. The molecule has 34 heavy (non-hydrogen) atoms. The van der Waals surface area contributed by atoms with Crippen molar-refractivity contribution in [3.63, 3.8) is 0 Å². The van der Waals surface area contributed by atoms with Crippen LogP contribution in [0.15, 0.2) is 89.5 Å². The Labute approximate surface area is 202 Å². The summed E-state index contributed by atoms with van der Waals surface area (Å²) in [7, 11) is 0. The fourth-order valence-corrected chi connectivity index (χ4v) is 4.37. The minimum atomic E-state index is -0.0955. The fourth-order valence-electron chi connectivity index (χ4n) is 4.10. The Morgan fingerprint density at radius 1 is 0.941 bits per heavy atom. The molecule has 1 unspecified atom stereocenters. The van der Waals surface area contributed by atoms with Crippen LogP contribution in [-0.4, -0.2) is 27.6 Å². The van der Waals surface area contributed by atoms with E-state index in [1.54, 1.807) is 0 Å². The molecule has 0 aliphatic rings. The number of carbonyl (C=O) groups excluding carboxylic acids is 1. The zero-order valence-corrected chi connectivity index (χ0v) is 19.1. The first kappa shape index (κ1) is 21.9. The van der Waals surface area contributed by atoms with Crippen LogP contribution >= 0.6 is 11.6 Å². The van der Waals surface area contributed by atoms with E-state index in [-0.39, 0.29) is 18.2 Å². The number of aromatic amines is 1. The quantitative estimate of drug-likeness (QED) is 0.302. The van der Waals surface area contributed by atoms with Gasteiger partial charge in [-0.2, -0.15) is 0 Å². The van der Waals surface area contributed by atoms with Gasteiger partial charge in [-0.3, -0.25) is 4.79 Å². The van der Waals surface area contributed by atoms with Crippen LogP contribution in [0.25, 0.3) is 22.4 Å². The average Bonchev–Trinajstić information content (AvgIpc) is 3.52. The third-order valence-electron chi connectivity index (χ3n) is 5.83. The summed E-state index contributed by atoms with van der Waals surface area (Å²) in [5.74, 6) is 0.709. The molecule has 1 atom stereocenters. The molecule has 2 N–H and O–H groups in total. The maximum absolute atomic E-state index is 12.7. The SMILES string of the molecule is O=C(CCc1nnc(-c2ccccc2)o1)NCC(c1ccccc1Cl)c1c[nH]c2ccccc12. The minimum absolute atomic E-state index is 0.0867. The molecule has 0 aliphatic carbocycles. The third-order valence-corrected chi connectivity index (χ3v) is 6.18. The minimum Gasteiger partial charge on any atom is -0.421 e. The topological polar surface area (TPSA) is 83.8 Å². The van der Waals surface area contributed by atoms with E-state index < -0.39 is 0 Å². The molecule has 2 aromatic heterocycles. The number of para-hydroxylation sites is 1. The van der Waals surface area contributed by atoms with Crippen LogP contribution in [0, 0.1) is 0 Å². The molecule has 170 valence electrons. The van der Waals surface area contributed by atoms with E-state index in [4.69, 9.17) is 16.0 Å². The van der Waals surface area contributed by atoms with Crippen molar-refractivity contribution in [3.05, 3.63) is 107 Å². The Kier molecular flexibility index (Phi) is 6.40. The highest BCUT2D eigenvalue weighted by Crippen LogP contribution is 2.34. The second-order valence-corrected chi connectivity index (χ2v) is 8.44. The zero-order valence-electron chi connectivity index (χ0n) is 18.4. The smallest absolute Gasteiger partial charge is 0.247 e. The maximum atomic E-state index is 12.7. The summed E-state index contributed by atoms with van der Waals surface area (Å²) in [5, 5.41) is 13.0. The summed E-state index contributed by atoms with van der Waals surface area (Å²) in [6.45, 7) is 0.420. The highest BCUT2D eigenvalue weighted by atomic mass is 35.5. The van der Waals surface area contributed by atoms with Crippen molar-refractivity contribution in [3.8, 4) is 11.5 Å². The first-order valence-corrected chi connectivity index (χ1v) is 11.5. The van der Waals surface area contributed by atoms with Crippen LogP contribution in [0.1, 0.15) is 29.4 Å². The van der Waals surface area contributed by atoms with Gasteiger partial charge in [-0.05, 0) is 35.4 Å². The lowest BCUT2D eigenvalue weighted by Crippen LogP contribution is -2.29. The Balaban J connectivity index is 1.28. The predicted octanol–water partition coefficient (Wildman–Crippen LogP) is 5.75. The molecule has 0 spiro atoms. The first-order chi connectivity index (χ1) is 16.7. The van der Waals surface area contributed by atoms with Crippen LogP contribution in [-0.2, 0) is 11.2 Å². The Hall–Kier alpha value is -3.90. The number of halogens is 1. The summed E-state index contributed by atoms with van der Waals surface area (Å²) in [4.78, 5) is 16.0. The molecule has 0 saturated carbocycles. The van der Waals surface area contributed by atoms with Crippen molar-refractivity contribution in [2.45, 2.75) is 18.8 Å². The summed E-state index contributed by atoms with van der Waals surface area (Å²) in [6, 6.07) is 25.4. The van der Waals surface area contributed by atoms with E-state index in [0.717, 1.165) is 27.6 Å². The molecule has 0 radical (unpaired) electrons. The number of fused-ring (bicyclic) bond motifs is 1. The number of carbonyl (C=O) groups is 1. The van der Waals surface area contributed by atoms with Crippen LogP contribution in [0.3, 0.4) is 0 Å². The molecule has 0 aliphatic heterocycles. The van der Waals surface area contributed by atoms with Crippen LogP contribution in [0.4, 0.5) is 0 Å². The average molecular weight is 471 g/mol. The molecular formula is C27H23ClN4O2. The molecule has 0 fully saturated rings. The monoisotopic (exact) mass is 470 g/mol. The number of hydrogen-bond acceptors (Lipinski definition) is 4. The molecule has 1 amide bonds. The molecule has 0 bridgehead atoms. The summed E-state index contributed by atoms with van der Waals surface area (Å²) in [6.07, 6.45) is 2.61. The molecule has 2 heterocycles. The van der Waals surface area contributed by atoms with E-state index in [1.165, 1.54) is 0 Å². The number of nitrogens with one attached hydrogen (secondary N) is 2. The summed E-state index contributed by atoms with van der Waals surface area (Å²) >= 11 is 6.55. The van der Waals surface area contributed by atoms with Gasteiger partial charge in [0.1, 0.15) is 0 Å². The maximum Gasteiger partial charge on any atom is 0.247 e. The largest absolute Gasteiger partial charge is 0.421 e. The lowest BCUT2D eigenvalue weighted by atomic mass is 9.90. The van der Waals surface area contributed by atoms with Crippen molar-refractivity contribution in [2.75, 3.05) is 6.54 Å². The highest BCUT2D eigenvalue weighted by molar-refractivity contribution is 6.31. The van der Waals surface area contributed by atoms with E-state index in [1.807, 2.05) is 79.0 Å². The molecule has 7 heteroatoms. The van der Waals surface area contributed by atoms with Gasteiger partial charge in [0.15, 0.2) is 0 Å². The van der Waals surface area contributed by atoms with Crippen LogP contribution < -0.4 is 5.32 Å². The number of hydrogen-bond donors (Lipinski definition) is 2. The lowest BCUT2D eigenvalue weighted by molar-refractivity contribution is -0.121. The molecule has 0 saturated heterocycles. The Morgan fingerprint density at radius 2 is 1.71 bits per heavy atom. The van der Waals surface area contributed by atoms with Gasteiger partial charge in [0.05, 0.1) is 0 Å². The standard InChI is InChI=1S/C27H23ClN4O2/c28-23-12-6-4-10-19(23)21(22-16-29-24-13-7-5-11-20(22)24)17-30-25(33)14-15-26-31-32-27(34-26)18-8-2-1-3-9-18/h1-13,16,21,29H,14-15,17H2,(H,30,33). The van der Waals surface area contributed by atoms with Gasteiger partial charge in [-0.25, -0.2) is 0 Å². The van der Waals surface area contributed by atoms with Crippen molar-refractivity contribution >= 4 is 28.4 Å². The number of H-pyrrole nitrogens is 1. The van der Waals surface area contributed by atoms with Gasteiger partial charge in [-0.1, -0.05) is 66.2 Å². The van der Waals surface area contributed by atoms with Crippen LogP contribution in [0.2, 0.25) is 5.02 Å². The number of nitrogens with zero attached hydrogens (tertiary/aromatic N) is 2. The van der Waals surface area contributed by atoms with Crippen molar-refractivity contribution in [1.82, 2.24) is 20.5 Å². The predicted molar refractivity (Wildman–Crippen MR) is 133 cm³/mol. The Bertz CT molecular complexity index is 1410. The zero-order chi connectivity index (χ0) is 23.3. The van der Waals surface area contributed by atoms with Gasteiger partial charge in [0.2, 0.25) is 17.7 Å². The van der Waals surface area contributed by atoms with Crippen molar-refractivity contribution in [2.24, 2.45) is 0 Å². The van der Waals surface area contributed by atoms with Crippen LogP contribution in [0.5, 0.6) is 0 Å². The first-order valence-electron chi connectivity index (χ1n) is 11.1. The number of benzene rings is 3. The third kappa shape index (κ3) is 4.72. The summed E-state index contributed by atoms with van der Waals surface area (Å²) in [5.41, 5.74) is 3.96. The van der Waals surface area contributed by atoms with Crippen molar-refractivity contribution < 1.29 is 9.21 Å². The van der Waals surface area contributed by atoms with E-state index in [2.05, 4.69) is 26.6 Å². The second-order valence-electron chi connectivity index (χ2n) is 8.03. The number of aromatic nitrogens is 3. The van der Waals surface area contributed by atoms with Gasteiger partial charge in [0.25, 0.3) is 0 Å². The lowest BCUT2D eigenvalue weighted by Gasteiger charge is -2.19. The summed E-state index contributed by atoms with van der Waals surface area (Å²) < 4.78 is 5.71. The fraction of sp³-hybridized carbons (Fsp3) is 0.148. The molecule has 5 rings (SSSR count). The molecule has 5 aromatic rings. The van der Waals surface area contributed by atoms with Gasteiger partial charge in [-0.15, -0.1) is 10.2 Å². The number of amides is 1. The molecule has 6 nitrogen and oxygen atoms in total. The van der Waals surface area contributed by atoms with E-state index in [0.29, 0.717) is 29.8 Å². The van der Waals surface area contributed by atoms with Crippen molar-refractivity contribution in [1.29, 1.82) is 0 Å². The second kappa shape index (κ2) is 9.93. The highest BCUT2D eigenvalue weighted by Gasteiger charge is 2.21. The van der Waals surface area contributed by atoms with E-state index in [9.17, 15) is 4.79 Å². The van der Waals surface area contributed by atoms with Gasteiger partial charge in [0, 0.05) is 53.0 Å². The normalized spacial score (nSPS) is 12.0. The molecular weight excluding hydrogens is 448 g/mol. The van der Waals surface area contributed by atoms with Gasteiger partial charge >= 0.3 is 0 Å². The molecule has 3 aromatic carbocycles. The van der Waals surface area contributed by atoms with Gasteiger partial charge < -0.3 is 14.7 Å². The van der Waals surface area contributed by atoms with E-state index >= 15 is 0 Å². The number of aryl methyl sites for hydroxylation is 1.